The molecule has 0 spiro atoms. The number of nitrogens with one attached hydrogen (secondary N) is 2. The van der Waals surface area contributed by atoms with Crippen LogP contribution >= 0.6 is 11.6 Å². The highest BCUT2D eigenvalue weighted by Gasteiger charge is 2.51. The van der Waals surface area contributed by atoms with Crippen LogP contribution in [0.3, 0.4) is 0 Å². The molecule has 8 nitrogen and oxygen atoms in total. The minimum absolute atomic E-state index is 0.00383. The zero-order valence-electron chi connectivity index (χ0n) is 18.1. The highest BCUT2D eigenvalue weighted by atomic mass is 35.5. The molecular weight excluding hydrogens is 504 g/mol. The van der Waals surface area contributed by atoms with Gasteiger partial charge in [-0.3, -0.25) is 9.78 Å². The van der Waals surface area contributed by atoms with Crippen LogP contribution < -0.4 is 5.32 Å². The average molecular weight is 519 g/mol. The molecule has 4 aromatic rings. The fraction of sp³-hybridized carbons (Fsp3) is 0.174. The number of nitrogens with zero attached hydrogens (tertiary/aromatic N) is 4. The molecular formula is C23H15ClF4N6O2. The maximum absolute atomic E-state index is 14.0. The van der Waals surface area contributed by atoms with E-state index in [1.165, 1.54) is 30.3 Å². The molecule has 1 aliphatic carbocycles. The van der Waals surface area contributed by atoms with Gasteiger partial charge in [-0.2, -0.15) is 18.4 Å². The normalized spacial score (nSPS) is 14.5. The van der Waals surface area contributed by atoms with Gasteiger partial charge in [0.15, 0.2) is 0 Å². The van der Waals surface area contributed by atoms with E-state index in [2.05, 4.69) is 30.9 Å². The molecule has 2 heterocycles. The Morgan fingerprint density at radius 2 is 1.89 bits per heavy atom. The number of anilines is 1. The monoisotopic (exact) mass is 518 g/mol. The second kappa shape index (κ2) is 8.55. The number of carbonyl (C=O) groups is 1. The van der Waals surface area contributed by atoms with Gasteiger partial charge < -0.3 is 10.4 Å². The topological polar surface area (TPSA) is 117 Å². The molecule has 0 saturated heterocycles. The number of phenols is 1. The number of hydrogen-bond acceptors (Lipinski definition) is 6. The number of amides is 1. The van der Waals surface area contributed by atoms with Crippen LogP contribution in [-0.2, 0) is 16.4 Å². The zero-order valence-corrected chi connectivity index (χ0v) is 18.8. The molecule has 0 radical (unpaired) electrons. The lowest BCUT2D eigenvalue weighted by molar-refractivity contribution is -0.141. The van der Waals surface area contributed by atoms with Gasteiger partial charge in [-0.15, -0.1) is 10.2 Å². The van der Waals surface area contributed by atoms with Crippen molar-refractivity contribution in [1.82, 2.24) is 25.6 Å². The predicted molar refractivity (Wildman–Crippen MR) is 120 cm³/mol. The van der Waals surface area contributed by atoms with Gasteiger partial charge in [0, 0.05) is 17.3 Å². The summed E-state index contributed by atoms with van der Waals surface area (Å²) in [6.45, 7) is 0. The van der Waals surface area contributed by atoms with E-state index in [9.17, 15) is 27.5 Å². The Morgan fingerprint density at radius 1 is 1.11 bits per heavy atom. The van der Waals surface area contributed by atoms with E-state index in [4.69, 9.17) is 11.6 Å². The number of H-pyrrole nitrogens is 1. The Kier molecular flexibility index (Phi) is 5.62. The van der Waals surface area contributed by atoms with Crippen LogP contribution in [0.15, 0.2) is 48.7 Å². The van der Waals surface area contributed by atoms with Gasteiger partial charge in [0.05, 0.1) is 16.1 Å². The molecule has 0 bridgehead atoms. The van der Waals surface area contributed by atoms with Gasteiger partial charge in [-0.05, 0) is 59.5 Å². The van der Waals surface area contributed by atoms with Gasteiger partial charge in [0.2, 0.25) is 11.7 Å². The van der Waals surface area contributed by atoms with Crippen molar-refractivity contribution < 1.29 is 27.5 Å². The summed E-state index contributed by atoms with van der Waals surface area (Å²) < 4.78 is 52.8. The van der Waals surface area contributed by atoms with Crippen molar-refractivity contribution in [3.8, 4) is 28.3 Å². The lowest BCUT2D eigenvalue weighted by Gasteiger charge is -2.18. The van der Waals surface area contributed by atoms with E-state index < -0.39 is 29.0 Å². The second-order valence-corrected chi connectivity index (χ2v) is 8.65. The molecule has 184 valence electrons. The maximum Gasteiger partial charge on any atom is 0.433 e. The van der Waals surface area contributed by atoms with E-state index in [0.717, 1.165) is 12.3 Å². The summed E-state index contributed by atoms with van der Waals surface area (Å²) in [6, 6.07) is 8.80. The molecule has 0 unspecified atom stereocenters. The number of phenolic OH excluding ortho intramolecular Hbond substituents is 1. The van der Waals surface area contributed by atoms with Crippen LogP contribution in [0.1, 0.15) is 24.1 Å². The number of pyridine rings is 1. The Bertz CT molecular complexity index is 1450. The summed E-state index contributed by atoms with van der Waals surface area (Å²) in [4.78, 5) is 16.6. The van der Waals surface area contributed by atoms with Crippen molar-refractivity contribution in [2.45, 2.75) is 24.4 Å². The summed E-state index contributed by atoms with van der Waals surface area (Å²) in [5, 5.41) is 26.9. The summed E-state index contributed by atoms with van der Waals surface area (Å²) >= 11 is 5.76. The molecule has 2 aromatic carbocycles. The SMILES string of the molecule is O=C(Nc1cc(-c2nn[nH]n2)c(-c2ccc(C(F)(F)F)nc2)cc1O)C1(c2ccc(Cl)c(F)c2)CC1. The van der Waals surface area contributed by atoms with Crippen LogP contribution in [0.2, 0.25) is 5.02 Å². The van der Waals surface area contributed by atoms with Crippen LogP contribution in [0.25, 0.3) is 22.5 Å². The third-order valence-electron chi connectivity index (χ3n) is 5.99. The van der Waals surface area contributed by atoms with E-state index in [-0.39, 0.29) is 39.0 Å². The highest BCUT2D eigenvalue weighted by Crippen LogP contribution is 2.50. The smallest absolute Gasteiger partial charge is 0.433 e. The van der Waals surface area contributed by atoms with Crippen LogP contribution in [0.4, 0.5) is 23.2 Å². The molecule has 2 aromatic heterocycles. The van der Waals surface area contributed by atoms with Crippen LogP contribution in [-0.4, -0.2) is 36.6 Å². The van der Waals surface area contributed by atoms with Crippen LogP contribution in [0, 0.1) is 5.82 Å². The molecule has 5 rings (SSSR count). The number of aromatic amines is 1. The predicted octanol–water partition coefficient (Wildman–Crippen LogP) is 5.12. The molecule has 36 heavy (non-hydrogen) atoms. The first kappa shape index (κ1) is 23.7. The maximum atomic E-state index is 14.0. The standard InChI is InChI=1S/C23H15ClF4N6O2/c24-15-3-2-12(7-16(15)25)22(5-6-22)21(36)30-17-8-14(20-31-33-34-32-20)13(9-18(17)35)11-1-4-19(29-10-11)23(26,27)28/h1-4,7-10,35H,5-6H2,(H,30,36)(H,31,32,33,34). The number of benzene rings is 2. The molecule has 1 amide bonds. The van der Waals surface area contributed by atoms with E-state index in [1.54, 1.807) is 6.07 Å². The van der Waals surface area contributed by atoms with E-state index in [1.807, 2.05) is 0 Å². The molecule has 1 fully saturated rings. The number of tetrazole rings is 1. The number of halogens is 5. The van der Waals surface area contributed by atoms with E-state index in [0.29, 0.717) is 18.4 Å². The molecule has 13 heteroatoms. The first-order chi connectivity index (χ1) is 17.1. The minimum Gasteiger partial charge on any atom is -0.506 e. The van der Waals surface area contributed by atoms with Crippen molar-refractivity contribution in [3.05, 3.63) is 70.8 Å². The fourth-order valence-corrected chi connectivity index (χ4v) is 4.03. The molecule has 0 aliphatic heterocycles. The quantitative estimate of drug-likeness (QED) is 0.249. The fourth-order valence-electron chi connectivity index (χ4n) is 3.92. The van der Waals surface area contributed by atoms with Crippen molar-refractivity contribution in [2.24, 2.45) is 0 Å². The third kappa shape index (κ3) is 4.24. The second-order valence-electron chi connectivity index (χ2n) is 8.25. The number of hydrogen-bond donors (Lipinski definition) is 3. The highest BCUT2D eigenvalue weighted by molar-refractivity contribution is 6.30. The van der Waals surface area contributed by atoms with Crippen molar-refractivity contribution in [2.75, 3.05) is 5.32 Å². The largest absolute Gasteiger partial charge is 0.506 e. The first-order valence-electron chi connectivity index (χ1n) is 10.5. The molecule has 1 saturated carbocycles. The van der Waals surface area contributed by atoms with Gasteiger partial charge in [0.1, 0.15) is 17.3 Å². The lowest BCUT2D eigenvalue weighted by atomic mass is 9.94. The van der Waals surface area contributed by atoms with Crippen molar-refractivity contribution >= 4 is 23.2 Å². The van der Waals surface area contributed by atoms with Crippen molar-refractivity contribution in [1.29, 1.82) is 0 Å². The van der Waals surface area contributed by atoms with Crippen molar-refractivity contribution in [3.63, 3.8) is 0 Å². The van der Waals surface area contributed by atoms with Gasteiger partial charge >= 0.3 is 6.18 Å². The Hall–Kier alpha value is -4.06. The average Bonchev–Trinajstić information content (AvgIpc) is 3.48. The zero-order chi connectivity index (χ0) is 25.7. The lowest BCUT2D eigenvalue weighted by Crippen LogP contribution is -2.28. The van der Waals surface area contributed by atoms with Crippen LogP contribution in [0.5, 0.6) is 5.75 Å². The summed E-state index contributed by atoms with van der Waals surface area (Å²) in [5.74, 6) is -1.41. The number of aromatic hydroxyl groups is 1. The Morgan fingerprint density at radius 3 is 2.47 bits per heavy atom. The molecule has 3 N–H and O–H groups in total. The summed E-state index contributed by atoms with van der Waals surface area (Å²) in [5.41, 5.74) is -0.841. The minimum atomic E-state index is -4.61. The summed E-state index contributed by atoms with van der Waals surface area (Å²) in [7, 11) is 0. The van der Waals surface area contributed by atoms with Gasteiger partial charge in [-0.1, -0.05) is 23.7 Å². The summed E-state index contributed by atoms with van der Waals surface area (Å²) in [6.07, 6.45) is -2.67. The molecule has 0 atom stereocenters. The Labute approximate surface area is 205 Å². The van der Waals surface area contributed by atoms with Gasteiger partial charge in [-0.25, -0.2) is 4.39 Å². The Balaban J connectivity index is 1.51. The third-order valence-corrected chi connectivity index (χ3v) is 6.30. The number of alkyl halides is 3. The van der Waals surface area contributed by atoms with Gasteiger partial charge in [0.25, 0.3) is 0 Å². The number of rotatable bonds is 5. The first-order valence-corrected chi connectivity index (χ1v) is 10.9. The number of aromatic nitrogens is 5. The van der Waals surface area contributed by atoms with E-state index >= 15 is 0 Å². The number of carbonyl (C=O) groups excluding carboxylic acids is 1. The molecule has 1 aliphatic rings.